The fraction of sp³-hybridized carbons (Fsp3) is 0.409. The van der Waals surface area contributed by atoms with Crippen molar-refractivity contribution < 1.29 is 9.59 Å². The minimum atomic E-state index is 0.0428. The van der Waals surface area contributed by atoms with Gasteiger partial charge in [-0.05, 0) is 18.9 Å². The molecule has 0 unspecified atom stereocenters. The average Bonchev–Trinajstić information content (AvgIpc) is 3.30. The molecule has 0 atom stereocenters. The molecule has 0 saturated carbocycles. The number of aryl methyl sites for hydroxylation is 2. The van der Waals surface area contributed by atoms with Gasteiger partial charge in [0.1, 0.15) is 5.82 Å². The second kappa shape index (κ2) is 8.11. The minimum absolute atomic E-state index is 0.0428. The molecule has 7 nitrogen and oxygen atoms in total. The van der Waals surface area contributed by atoms with Crippen LogP contribution >= 0.6 is 0 Å². The first-order valence-electron chi connectivity index (χ1n) is 10.3. The quantitative estimate of drug-likeness (QED) is 0.670. The van der Waals surface area contributed by atoms with Gasteiger partial charge in [-0.1, -0.05) is 25.1 Å². The van der Waals surface area contributed by atoms with Crippen molar-refractivity contribution in [2.75, 3.05) is 18.0 Å². The molecule has 0 radical (unpaired) electrons. The van der Waals surface area contributed by atoms with E-state index in [1.54, 1.807) is 4.90 Å². The van der Waals surface area contributed by atoms with Gasteiger partial charge in [0.2, 0.25) is 11.8 Å². The van der Waals surface area contributed by atoms with Crippen LogP contribution in [0.3, 0.4) is 0 Å². The highest BCUT2D eigenvalue weighted by Gasteiger charge is 2.27. The van der Waals surface area contributed by atoms with Gasteiger partial charge in [0.25, 0.3) is 0 Å². The first-order chi connectivity index (χ1) is 14.1. The second-order valence-corrected chi connectivity index (χ2v) is 7.53. The number of para-hydroxylation sites is 1. The van der Waals surface area contributed by atoms with Gasteiger partial charge in [0, 0.05) is 61.7 Å². The normalized spacial score (nSPS) is 13.7. The fourth-order valence-corrected chi connectivity index (χ4v) is 3.92. The van der Waals surface area contributed by atoms with E-state index in [1.165, 1.54) is 0 Å². The zero-order valence-electron chi connectivity index (χ0n) is 17.0. The molecule has 0 spiro atoms. The van der Waals surface area contributed by atoms with Crippen LogP contribution in [-0.2, 0) is 23.2 Å². The molecule has 152 valence electrons. The summed E-state index contributed by atoms with van der Waals surface area (Å²) in [4.78, 5) is 26.2. The molecule has 0 aliphatic carbocycles. The Bertz CT molecular complexity index is 1050. The molecule has 1 N–H and O–H groups in total. The third-order valence-electron chi connectivity index (χ3n) is 5.40. The maximum atomic E-state index is 12.5. The zero-order valence-corrected chi connectivity index (χ0v) is 17.0. The summed E-state index contributed by atoms with van der Waals surface area (Å²) in [5.41, 5.74) is 3.09. The van der Waals surface area contributed by atoms with E-state index < -0.39 is 0 Å². The van der Waals surface area contributed by atoms with Crippen molar-refractivity contribution >= 4 is 28.5 Å². The number of rotatable bonds is 7. The summed E-state index contributed by atoms with van der Waals surface area (Å²) in [6, 6.07) is 10.2. The van der Waals surface area contributed by atoms with Crippen molar-refractivity contribution in [2.45, 2.75) is 39.2 Å². The lowest BCUT2D eigenvalue weighted by Gasteiger charge is -2.27. The lowest BCUT2D eigenvalue weighted by molar-refractivity contribution is -0.122. The van der Waals surface area contributed by atoms with Crippen LogP contribution in [0.5, 0.6) is 0 Å². The van der Waals surface area contributed by atoms with Gasteiger partial charge < -0.3 is 9.88 Å². The van der Waals surface area contributed by atoms with E-state index >= 15 is 0 Å². The molecule has 7 heteroatoms. The Morgan fingerprint density at radius 3 is 2.93 bits per heavy atom. The van der Waals surface area contributed by atoms with E-state index in [4.69, 9.17) is 5.10 Å². The van der Waals surface area contributed by atoms with E-state index in [2.05, 4.69) is 28.2 Å². The molecule has 3 heterocycles. The molecule has 1 aromatic carbocycles. The summed E-state index contributed by atoms with van der Waals surface area (Å²) in [6.45, 7) is 3.84. The van der Waals surface area contributed by atoms with Crippen LogP contribution < -0.4 is 10.2 Å². The number of hydrogen-bond acceptors (Lipinski definition) is 3. The van der Waals surface area contributed by atoms with Crippen LogP contribution in [0.1, 0.15) is 32.6 Å². The molecule has 0 bridgehead atoms. The van der Waals surface area contributed by atoms with Crippen LogP contribution in [0.15, 0.2) is 36.5 Å². The minimum Gasteiger partial charge on any atom is -0.356 e. The molecular weight excluding hydrogens is 366 g/mol. The number of anilines is 1. The van der Waals surface area contributed by atoms with Crippen LogP contribution in [0.2, 0.25) is 0 Å². The van der Waals surface area contributed by atoms with E-state index in [1.807, 2.05) is 36.9 Å². The van der Waals surface area contributed by atoms with Crippen LogP contribution in [-0.4, -0.2) is 39.3 Å². The van der Waals surface area contributed by atoms with Gasteiger partial charge >= 0.3 is 0 Å². The van der Waals surface area contributed by atoms with Crippen molar-refractivity contribution in [2.24, 2.45) is 7.05 Å². The van der Waals surface area contributed by atoms with Gasteiger partial charge in [-0.25, -0.2) is 4.68 Å². The van der Waals surface area contributed by atoms with E-state index in [0.29, 0.717) is 38.9 Å². The number of carbonyl (C=O) groups excluding carboxylic acids is 2. The SMILES string of the molecule is CCCNC(=O)CCCN1C(=O)CCn2nc(-c3cn(C)c4ccccc34)cc21. The van der Waals surface area contributed by atoms with Crippen LogP contribution in [0.25, 0.3) is 22.2 Å². The maximum absolute atomic E-state index is 12.5. The predicted molar refractivity (Wildman–Crippen MR) is 114 cm³/mol. The number of hydrogen-bond donors (Lipinski definition) is 1. The summed E-state index contributed by atoms with van der Waals surface area (Å²) >= 11 is 0. The molecule has 0 fully saturated rings. The molecular formula is C22H27N5O2. The number of benzene rings is 1. The average molecular weight is 393 g/mol. The standard InChI is InChI=1S/C22H27N5O2/c1-3-11-23-20(28)9-6-12-26-21-14-18(24-27(21)13-10-22(26)29)17-15-25(2)19-8-5-4-7-16(17)19/h4-5,7-8,14-15H,3,6,9-13H2,1-2H3,(H,23,28). The lowest BCUT2D eigenvalue weighted by Crippen LogP contribution is -2.38. The highest BCUT2D eigenvalue weighted by Crippen LogP contribution is 2.33. The zero-order chi connectivity index (χ0) is 20.4. The Balaban J connectivity index is 1.56. The third kappa shape index (κ3) is 3.77. The molecule has 0 saturated heterocycles. The van der Waals surface area contributed by atoms with Crippen molar-refractivity contribution in [3.63, 3.8) is 0 Å². The molecule has 2 amide bonds. The van der Waals surface area contributed by atoms with E-state index in [-0.39, 0.29) is 11.8 Å². The Morgan fingerprint density at radius 2 is 2.10 bits per heavy atom. The van der Waals surface area contributed by atoms with Crippen molar-refractivity contribution in [3.05, 3.63) is 36.5 Å². The van der Waals surface area contributed by atoms with Crippen molar-refractivity contribution in [3.8, 4) is 11.3 Å². The van der Waals surface area contributed by atoms with Crippen LogP contribution in [0, 0.1) is 0 Å². The predicted octanol–water partition coefficient (Wildman–Crippen LogP) is 3.08. The number of nitrogens with zero attached hydrogens (tertiary/aromatic N) is 4. The molecule has 3 aromatic rings. The Hall–Kier alpha value is -3.09. The Labute approximate surface area is 170 Å². The molecule has 1 aliphatic rings. The summed E-state index contributed by atoms with van der Waals surface area (Å²) < 4.78 is 4.01. The van der Waals surface area contributed by atoms with Gasteiger partial charge in [0.05, 0.1) is 12.2 Å². The molecule has 4 rings (SSSR count). The highest BCUT2D eigenvalue weighted by molar-refractivity contribution is 5.98. The first-order valence-corrected chi connectivity index (χ1v) is 10.3. The largest absolute Gasteiger partial charge is 0.356 e. The first kappa shape index (κ1) is 19.2. The van der Waals surface area contributed by atoms with Crippen LogP contribution in [0.4, 0.5) is 5.82 Å². The number of amides is 2. The van der Waals surface area contributed by atoms with Gasteiger partial charge in [-0.15, -0.1) is 0 Å². The smallest absolute Gasteiger partial charge is 0.229 e. The highest BCUT2D eigenvalue weighted by atomic mass is 16.2. The van der Waals surface area contributed by atoms with Gasteiger partial charge in [0.15, 0.2) is 0 Å². The summed E-state index contributed by atoms with van der Waals surface area (Å²) in [5.74, 6) is 0.954. The van der Waals surface area contributed by atoms with E-state index in [9.17, 15) is 9.59 Å². The van der Waals surface area contributed by atoms with Gasteiger partial charge in [-0.3, -0.25) is 14.5 Å². The second-order valence-electron chi connectivity index (χ2n) is 7.53. The molecule has 1 aliphatic heterocycles. The van der Waals surface area contributed by atoms with Gasteiger partial charge in [-0.2, -0.15) is 5.10 Å². The number of fused-ring (bicyclic) bond motifs is 2. The maximum Gasteiger partial charge on any atom is 0.229 e. The Kier molecular flexibility index (Phi) is 5.38. The number of nitrogens with one attached hydrogen (secondary N) is 1. The molecule has 2 aromatic heterocycles. The Morgan fingerprint density at radius 1 is 1.28 bits per heavy atom. The summed E-state index contributed by atoms with van der Waals surface area (Å²) in [7, 11) is 2.03. The van der Waals surface area contributed by atoms with Crippen molar-refractivity contribution in [1.29, 1.82) is 0 Å². The number of carbonyl (C=O) groups is 2. The fourth-order valence-electron chi connectivity index (χ4n) is 3.92. The third-order valence-corrected chi connectivity index (χ3v) is 5.40. The summed E-state index contributed by atoms with van der Waals surface area (Å²) in [6.07, 6.45) is 4.51. The lowest BCUT2D eigenvalue weighted by atomic mass is 10.1. The van der Waals surface area contributed by atoms with Crippen molar-refractivity contribution in [1.82, 2.24) is 19.7 Å². The monoisotopic (exact) mass is 393 g/mol. The summed E-state index contributed by atoms with van der Waals surface area (Å²) in [5, 5.41) is 8.82. The topological polar surface area (TPSA) is 72.2 Å². The van der Waals surface area contributed by atoms with E-state index in [0.717, 1.165) is 34.4 Å². The molecule has 29 heavy (non-hydrogen) atoms. The number of aromatic nitrogens is 3.